The van der Waals surface area contributed by atoms with Crippen molar-refractivity contribution >= 4 is 23.4 Å². The number of nitrogens with zero attached hydrogens (tertiary/aromatic N) is 1. The van der Waals surface area contributed by atoms with Crippen molar-refractivity contribution in [3.63, 3.8) is 0 Å². The van der Waals surface area contributed by atoms with Gasteiger partial charge >= 0.3 is 0 Å². The number of carbonyl (C=O) groups excluding carboxylic acids is 1. The molecule has 4 nitrogen and oxygen atoms in total. The van der Waals surface area contributed by atoms with Crippen LogP contribution in [0.25, 0.3) is 0 Å². The molecule has 0 spiro atoms. The number of benzene rings is 2. The zero-order valence-corrected chi connectivity index (χ0v) is 14.0. The van der Waals surface area contributed by atoms with Crippen LogP contribution in [0.5, 0.6) is 5.75 Å². The highest BCUT2D eigenvalue weighted by molar-refractivity contribution is 7.99. The fraction of sp³-hybridized carbons (Fsp3) is 0.263. The van der Waals surface area contributed by atoms with Gasteiger partial charge in [-0.1, -0.05) is 30.3 Å². The average Bonchev–Trinajstić information content (AvgIpc) is 2.63. The summed E-state index contributed by atoms with van der Waals surface area (Å²) in [6, 6.07) is 17.7. The third-order valence-electron chi connectivity index (χ3n) is 3.87. The van der Waals surface area contributed by atoms with E-state index in [-0.39, 0.29) is 11.8 Å². The van der Waals surface area contributed by atoms with Crippen molar-refractivity contribution in [1.29, 1.82) is 5.26 Å². The summed E-state index contributed by atoms with van der Waals surface area (Å²) in [7, 11) is 0. The van der Waals surface area contributed by atoms with Crippen molar-refractivity contribution < 1.29 is 9.53 Å². The highest BCUT2D eigenvalue weighted by Gasteiger charge is 2.26. The molecular weight excluding hydrogens is 320 g/mol. The van der Waals surface area contributed by atoms with E-state index >= 15 is 0 Å². The number of nitriles is 1. The fourth-order valence-electron chi connectivity index (χ4n) is 2.63. The first-order valence-corrected chi connectivity index (χ1v) is 8.87. The minimum Gasteiger partial charge on any atom is -0.492 e. The van der Waals surface area contributed by atoms with Crippen molar-refractivity contribution in [2.24, 2.45) is 5.92 Å². The maximum absolute atomic E-state index is 12.6. The van der Waals surface area contributed by atoms with Crippen LogP contribution in [0.3, 0.4) is 0 Å². The largest absolute Gasteiger partial charge is 0.492 e. The molecule has 1 atom stereocenters. The number of hydrogen-bond acceptors (Lipinski definition) is 4. The van der Waals surface area contributed by atoms with Gasteiger partial charge in [-0.2, -0.15) is 5.26 Å². The zero-order chi connectivity index (χ0) is 16.8. The Morgan fingerprint density at radius 1 is 1.25 bits per heavy atom. The highest BCUT2D eigenvalue weighted by Crippen LogP contribution is 2.30. The van der Waals surface area contributed by atoms with E-state index in [1.54, 1.807) is 11.8 Å². The predicted molar refractivity (Wildman–Crippen MR) is 95.2 cm³/mol. The van der Waals surface area contributed by atoms with E-state index in [2.05, 4.69) is 11.4 Å². The van der Waals surface area contributed by atoms with Crippen molar-refractivity contribution in [2.75, 3.05) is 17.7 Å². The molecule has 0 bridgehead atoms. The third kappa shape index (κ3) is 3.90. The van der Waals surface area contributed by atoms with Gasteiger partial charge in [-0.05, 0) is 30.2 Å². The van der Waals surface area contributed by atoms with Gasteiger partial charge in [-0.3, -0.25) is 4.79 Å². The molecule has 2 aromatic carbocycles. The Balaban J connectivity index is 1.66. The second-order valence-corrected chi connectivity index (χ2v) is 6.70. The molecule has 1 unspecified atom stereocenters. The van der Waals surface area contributed by atoms with E-state index in [0.29, 0.717) is 25.2 Å². The van der Waals surface area contributed by atoms with E-state index in [0.717, 1.165) is 21.9 Å². The van der Waals surface area contributed by atoms with Crippen LogP contribution in [-0.4, -0.2) is 18.3 Å². The van der Waals surface area contributed by atoms with E-state index in [4.69, 9.17) is 10.00 Å². The molecular formula is C19H18N2O2S. The number of para-hydroxylation sites is 2. The molecule has 1 aliphatic heterocycles. The Hall–Kier alpha value is -2.45. The van der Waals surface area contributed by atoms with Crippen LogP contribution in [0.2, 0.25) is 0 Å². The summed E-state index contributed by atoms with van der Waals surface area (Å²) in [5, 5.41) is 11.7. The van der Waals surface area contributed by atoms with Crippen molar-refractivity contribution in [3.05, 3.63) is 54.1 Å². The monoisotopic (exact) mass is 338 g/mol. The van der Waals surface area contributed by atoms with Crippen LogP contribution in [0.15, 0.2) is 53.4 Å². The number of nitrogens with one attached hydrogen (secondary N) is 1. The highest BCUT2D eigenvalue weighted by atomic mass is 32.2. The fourth-order valence-corrected chi connectivity index (χ4v) is 3.50. The lowest BCUT2D eigenvalue weighted by molar-refractivity contribution is -0.121. The number of carbonyl (C=O) groups is 1. The standard InChI is InChI=1S/C19H18N2O2S/c20-10-5-11-24-18-9-4-2-7-16(18)21-19(22)15-12-14-6-1-3-8-17(14)23-13-15/h1-4,6-9,15H,5,11-13H2,(H,21,22). The Kier molecular flexibility index (Phi) is 5.39. The van der Waals surface area contributed by atoms with Gasteiger partial charge in [0.2, 0.25) is 5.91 Å². The minimum absolute atomic E-state index is 0.0298. The number of thioether (sulfide) groups is 1. The van der Waals surface area contributed by atoms with E-state index in [1.807, 2.05) is 48.5 Å². The van der Waals surface area contributed by atoms with Gasteiger partial charge < -0.3 is 10.1 Å². The van der Waals surface area contributed by atoms with Gasteiger partial charge in [-0.25, -0.2) is 0 Å². The molecule has 1 heterocycles. The maximum Gasteiger partial charge on any atom is 0.231 e. The number of anilines is 1. The summed E-state index contributed by atoms with van der Waals surface area (Å²) >= 11 is 1.58. The lowest BCUT2D eigenvalue weighted by Crippen LogP contribution is -2.32. The van der Waals surface area contributed by atoms with Gasteiger partial charge in [-0.15, -0.1) is 11.8 Å². The SMILES string of the molecule is N#CCCSc1ccccc1NC(=O)C1COc2ccccc2C1. The average molecular weight is 338 g/mol. The van der Waals surface area contributed by atoms with Gasteiger partial charge in [0, 0.05) is 17.1 Å². The molecule has 0 fully saturated rings. The van der Waals surface area contributed by atoms with Gasteiger partial charge in [0.1, 0.15) is 12.4 Å². The van der Waals surface area contributed by atoms with E-state index in [9.17, 15) is 4.79 Å². The van der Waals surface area contributed by atoms with Crippen LogP contribution < -0.4 is 10.1 Å². The van der Waals surface area contributed by atoms with Crippen LogP contribution in [0.4, 0.5) is 5.69 Å². The lowest BCUT2D eigenvalue weighted by atomic mass is 9.96. The maximum atomic E-state index is 12.6. The summed E-state index contributed by atoms with van der Waals surface area (Å²) in [5.41, 5.74) is 1.87. The van der Waals surface area contributed by atoms with Gasteiger partial charge in [0.25, 0.3) is 0 Å². The van der Waals surface area contributed by atoms with Crippen LogP contribution in [-0.2, 0) is 11.2 Å². The molecule has 2 aromatic rings. The van der Waals surface area contributed by atoms with Crippen LogP contribution in [0.1, 0.15) is 12.0 Å². The Morgan fingerprint density at radius 2 is 2.04 bits per heavy atom. The number of hydrogen-bond donors (Lipinski definition) is 1. The zero-order valence-electron chi connectivity index (χ0n) is 13.2. The molecule has 122 valence electrons. The van der Waals surface area contributed by atoms with Crippen molar-refractivity contribution in [1.82, 2.24) is 0 Å². The van der Waals surface area contributed by atoms with Crippen LogP contribution >= 0.6 is 11.8 Å². The molecule has 0 saturated carbocycles. The summed E-state index contributed by atoms with van der Waals surface area (Å²) in [4.78, 5) is 13.6. The molecule has 1 N–H and O–H groups in total. The Labute approximate surface area is 145 Å². The molecule has 0 saturated heterocycles. The van der Waals surface area contributed by atoms with E-state index < -0.39 is 0 Å². The number of ether oxygens (including phenoxy) is 1. The van der Waals surface area contributed by atoms with E-state index in [1.165, 1.54) is 0 Å². The van der Waals surface area contributed by atoms with Crippen molar-refractivity contribution in [2.45, 2.75) is 17.7 Å². The normalized spacial score (nSPS) is 15.7. The smallest absolute Gasteiger partial charge is 0.231 e. The Morgan fingerprint density at radius 3 is 2.92 bits per heavy atom. The third-order valence-corrected chi connectivity index (χ3v) is 4.94. The van der Waals surface area contributed by atoms with Crippen molar-refractivity contribution in [3.8, 4) is 11.8 Å². The number of amides is 1. The first-order chi connectivity index (χ1) is 11.8. The molecule has 0 aromatic heterocycles. The van der Waals surface area contributed by atoms with Gasteiger partial charge in [0.15, 0.2) is 0 Å². The second kappa shape index (κ2) is 7.89. The summed E-state index contributed by atoms with van der Waals surface area (Å²) in [6.45, 7) is 0.395. The summed E-state index contributed by atoms with van der Waals surface area (Å²) in [5.74, 6) is 1.35. The molecule has 3 rings (SSSR count). The summed E-state index contributed by atoms with van der Waals surface area (Å²) in [6.07, 6.45) is 1.17. The number of fused-ring (bicyclic) bond motifs is 1. The quantitative estimate of drug-likeness (QED) is 0.664. The number of rotatable bonds is 5. The molecule has 24 heavy (non-hydrogen) atoms. The first kappa shape index (κ1) is 16.4. The first-order valence-electron chi connectivity index (χ1n) is 7.88. The Bertz CT molecular complexity index is 770. The molecule has 1 aliphatic rings. The predicted octanol–water partition coefficient (Wildman–Crippen LogP) is 3.88. The summed E-state index contributed by atoms with van der Waals surface area (Å²) < 4.78 is 5.70. The molecule has 0 aliphatic carbocycles. The molecule has 1 amide bonds. The van der Waals surface area contributed by atoms with Gasteiger partial charge in [0.05, 0.1) is 17.7 Å². The lowest BCUT2D eigenvalue weighted by Gasteiger charge is -2.24. The van der Waals surface area contributed by atoms with Crippen LogP contribution in [0, 0.1) is 17.2 Å². The molecule has 5 heteroatoms. The molecule has 0 radical (unpaired) electrons. The topological polar surface area (TPSA) is 62.1 Å². The minimum atomic E-state index is -0.197. The second-order valence-electron chi connectivity index (χ2n) is 5.56.